The number of nitrogens with one attached hydrogen (secondary N) is 1. The standard InChI is InChI=1S/C7H16N2O/c1-10-7-4-2-6(9-8)3-5-7/h6-7,9H,2-5,8H2,1H3/p+1. The summed E-state index contributed by atoms with van der Waals surface area (Å²) >= 11 is 0. The van der Waals surface area contributed by atoms with E-state index in [0.717, 1.165) is 0 Å². The molecule has 0 aromatic heterocycles. The molecular weight excluding hydrogens is 128 g/mol. The minimum Gasteiger partial charge on any atom is -0.381 e. The van der Waals surface area contributed by atoms with E-state index in [1.54, 1.807) is 7.11 Å². The molecule has 1 saturated carbocycles. The van der Waals surface area contributed by atoms with Crippen molar-refractivity contribution in [3.05, 3.63) is 0 Å². The lowest BCUT2D eigenvalue weighted by Crippen LogP contribution is -2.69. The maximum atomic E-state index is 5.24. The minimum atomic E-state index is 0.504. The SMILES string of the molecule is COC1CCC(N[NH3+])CC1. The maximum Gasteiger partial charge on any atom is 0.0572 e. The van der Waals surface area contributed by atoms with Gasteiger partial charge in [0.15, 0.2) is 0 Å². The molecule has 1 fully saturated rings. The van der Waals surface area contributed by atoms with Gasteiger partial charge < -0.3 is 4.74 Å². The summed E-state index contributed by atoms with van der Waals surface area (Å²) in [6.45, 7) is 0. The van der Waals surface area contributed by atoms with E-state index >= 15 is 0 Å². The number of hydrogen-bond acceptors (Lipinski definition) is 2. The third-order valence-electron chi connectivity index (χ3n) is 2.30. The van der Waals surface area contributed by atoms with Crippen molar-refractivity contribution in [1.29, 1.82) is 0 Å². The predicted molar refractivity (Wildman–Crippen MR) is 39.1 cm³/mol. The summed E-state index contributed by atoms with van der Waals surface area (Å²) in [6.07, 6.45) is 5.29. The fraction of sp³-hybridized carbons (Fsp3) is 1.00. The van der Waals surface area contributed by atoms with Gasteiger partial charge in [-0.25, -0.2) is 0 Å². The van der Waals surface area contributed by atoms with Crippen molar-refractivity contribution in [2.24, 2.45) is 0 Å². The molecule has 0 radical (unpaired) electrons. The third kappa shape index (κ3) is 1.94. The van der Waals surface area contributed by atoms with Gasteiger partial charge in [0.1, 0.15) is 0 Å². The maximum absolute atomic E-state index is 5.24. The van der Waals surface area contributed by atoms with Crippen LogP contribution in [0.3, 0.4) is 0 Å². The van der Waals surface area contributed by atoms with Crippen LogP contribution >= 0.6 is 0 Å². The van der Waals surface area contributed by atoms with Crippen molar-refractivity contribution < 1.29 is 10.6 Å². The van der Waals surface area contributed by atoms with Crippen LogP contribution in [0.15, 0.2) is 0 Å². The first-order valence-corrected chi connectivity index (χ1v) is 3.92. The molecule has 0 aromatic rings. The first-order valence-electron chi connectivity index (χ1n) is 3.92. The molecule has 0 aromatic carbocycles. The lowest BCUT2D eigenvalue weighted by molar-refractivity contribution is -0.453. The molecule has 60 valence electrons. The molecule has 4 N–H and O–H groups in total. The van der Waals surface area contributed by atoms with Crippen LogP contribution in [0.5, 0.6) is 0 Å². The molecular formula is C7H17N2O+. The Morgan fingerprint density at radius 2 is 1.90 bits per heavy atom. The van der Waals surface area contributed by atoms with Gasteiger partial charge >= 0.3 is 0 Å². The van der Waals surface area contributed by atoms with Crippen LogP contribution < -0.4 is 11.3 Å². The van der Waals surface area contributed by atoms with Gasteiger partial charge in [-0.3, -0.25) is 5.84 Å². The summed E-state index contributed by atoms with van der Waals surface area (Å²) in [7, 11) is 1.79. The summed E-state index contributed by atoms with van der Waals surface area (Å²) < 4.78 is 5.24. The summed E-state index contributed by atoms with van der Waals surface area (Å²) in [5.41, 5.74) is 3.04. The molecule has 1 aliphatic carbocycles. The number of ether oxygens (including phenoxy) is 1. The predicted octanol–water partition coefficient (Wildman–Crippen LogP) is -0.309. The molecule has 0 bridgehead atoms. The molecule has 10 heavy (non-hydrogen) atoms. The highest BCUT2D eigenvalue weighted by molar-refractivity contribution is 4.74. The average Bonchev–Trinajstić information content (AvgIpc) is 2.05. The first kappa shape index (κ1) is 7.98. The molecule has 0 aliphatic heterocycles. The van der Waals surface area contributed by atoms with E-state index in [4.69, 9.17) is 4.74 Å². The lowest BCUT2D eigenvalue weighted by Gasteiger charge is -2.25. The minimum absolute atomic E-state index is 0.504. The van der Waals surface area contributed by atoms with Crippen LogP contribution in [-0.2, 0) is 4.74 Å². The summed E-state index contributed by atoms with van der Waals surface area (Å²) in [5, 5.41) is 0. The molecule has 3 heteroatoms. The Balaban J connectivity index is 2.17. The highest BCUT2D eigenvalue weighted by Crippen LogP contribution is 2.19. The van der Waals surface area contributed by atoms with E-state index in [0.29, 0.717) is 12.1 Å². The Hall–Kier alpha value is -0.120. The van der Waals surface area contributed by atoms with Gasteiger partial charge in [0.2, 0.25) is 0 Å². The fourth-order valence-corrected chi connectivity index (χ4v) is 1.50. The summed E-state index contributed by atoms with van der Waals surface area (Å²) in [6, 6.07) is 0.631. The Labute approximate surface area is 61.9 Å². The van der Waals surface area contributed by atoms with Crippen LogP contribution in [-0.4, -0.2) is 19.3 Å². The lowest BCUT2D eigenvalue weighted by atomic mass is 9.93. The first-order chi connectivity index (χ1) is 4.86. The second kappa shape index (κ2) is 3.91. The zero-order valence-electron chi connectivity index (χ0n) is 6.60. The highest BCUT2D eigenvalue weighted by atomic mass is 16.5. The van der Waals surface area contributed by atoms with Crippen LogP contribution in [0, 0.1) is 0 Å². The quantitative estimate of drug-likeness (QED) is 0.524. The van der Waals surface area contributed by atoms with Crippen LogP contribution in [0.25, 0.3) is 0 Å². The summed E-state index contributed by atoms with van der Waals surface area (Å²) in [5.74, 6) is 3.67. The van der Waals surface area contributed by atoms with Crippen LogP contribution in [0.4, 0.5) is 0 Å². The monoisotopic (exact) mass is 145 g/mol. The smallest absolute Gasteiger partial charge is 0.0572 e. The third-order valence-corrected chi connectivity index (χ3v) is 2.30. The number of hydrogen-bond donors (Lipinski definition) is 2. The molecule has 1 rings (SSSR count). The van der Waals surface area contributed by atoms with Crippen molar-refractivity contribution >= 4 is 0 Å². The number of methoxy groups -OCH3 is 1. The van der Waals surface area contributed by atoms with Gasteiger partial charge in [-0.05, 0) is 25.7 Å². The molecule has 0 saturated heterocycles. The van der Waals surface area contributed by atoms with Crippen molar-refractivity contribution in [3.63, 3.8) is 0 Å². The Bertz CT molecular complexity index is 77.6. The van der Waals surface area contributed by atoms with E-state index in [1.165, 1.54) is 25.7 Å². The fourth-order valence-electron chi connectivity index (χ4n) is 1.50. The zero-order chi connectivity index (χ0) is 7.40. The van der Waals surface area contributed by atoms with E-state index in [2.05, 4.69) is 11.3 Å². The van der Waals surface area contributed by atoms with Gasteiger partial charge in [0.05, 0.1) is 12.1 Å². The zero-order valence-corrected chi connectivity index (χ0v) is 6.60. The molecule has 1 aliphatic rings. The van der Waals surface area contributed by atoms with E-state index < -0.39 is 0 Å². The van der Waals surface area contributed by atoms with E-state index in [-0.39, 0.29) is 0 Å². The summed E-state index contributed by atoms with van der Waals surface area (Å²) in [4.78, 5) is 0. The van der Waals surface area contributed by atoms with Gasteiger partial charge in [-0.2, -0.15) is 5.43 Å². The molecule has 0 spiro atoms. The Morgan fingerprint density at radius 3 is 2.30 bits per heavy atom. The second-order valence-electron chi connectivity index (χ2n) is 2.91. The molecule has 0 heterocycles. The Morgan fingerprint density at radius 1 is 1.30 bits per heavy atom. The Kier molecular flexibility index (Phi) is 3.12. The second-order valence-corrected chi connectivity index (χ2v) is 2.91. The van der Waals surface area contributed by atoms with E-state index in [9.17, 15) is 0 Å². The van der Waals surface area contributed by atoms with Gasteiger partial charge in [-0.15, -0.1) is 0 Å². The molecule has 0 amide bonds. The topological polar surface area (TPSA) is 48.9 Å². The van der Waals surface area contributed by atoms with Crippen molar-refractivity contribution in [3.8, 4) is 0 Å². The van der Waals surface area contributed by atoms with Crippen LogP contribution in [0.2, 0.25) is 0 Å². The van der Waals surface area contributed by atoms with Gasteiger partial charge in [0.25, 0.3) is 0 Å². The number of rotatable bonds is 2. The number of quaternary nitrogens is 1. The van der Waals surface area contributed by atoms with Crippen molar-refractivity contribution in [2.75, 3.05) is 7.11 Å². The molecule has 0 unspecified atom stereocenters. The van der Waals surface area contributed by atoms with Gasteiger partial charge in [0, 0.05) is 7.11 Å². The molecule has 0 atom stereocenters. The van der Waals surface area contributed by atoms with Gasteiger partial charge in [-0.1, -0.05) is 0 Å². The molecule has 3 nitrogen and oxygen atoms in total. The highest BCUT2D eigenvalue weighted by Gasteiger charge is 2.20. The van der Waals surface area contributed by atoms with Crippen LogP contribution in [0.1, 0.15) is 25.7 Å². The largest absolute Gasteiger partial charge is 0.381 e. The van der Waals surface area contributed by atoms with Crippen molar-refractivity contribution in [1.82, 2.24) is 5.43 Å². The normalized spacial score (nSPS) is 34.2. The van der Waals surface area contributed by atoms with E-state index in [1.807, 2.05) is 0 Å². The van der Waals surface area contributed by atoms with Crippen molar-refractivity contribution in [2.45, 2.75) is 37.8 Å². The average molecular weight is 145 g/mol.